The normalized spacial score (nSPS) is 8.92. The summed E-state index contributed by atoms with van der Waals surface area (Å²) in [6, 6.07) is 0. The second-order valence-corrected chi connectivity index (χ2v) is 2.43. The molecule has 0 saturated carbocycles. The van der Waals surface area contributed by atoms with Crippen LogP contribution in [-0.4, -0.2) is 30.1 Å². The van der Waals surface area contributed by atoms with Crippen molar-refractivity contribution in [3.63, 3.8) is 0 Å². The van der Waals surface area contributed by atoms with Gasteiger partial charge >= 0.3 is 7.82 Å². The van der Waals surface area contributed by atoms with E-state index in [9.17, 15) is 0 Å². The van der Waals surface area contributed by atoms with Gasteiger partial charge in [-0.15, -0.1) is 0 Å². The molecule has 0 radical (unpaired) electrons. The summed E-state index contributed by atoms with van der Waals surface area (Å²) in [6.07, 6.45) is 6.56. The molecule has 1 rings (SSSR count). The Kier molecular flexibility index (Phi) is 7.82. The molecule has 0 atom stereocenters. The first-order valence-corrected chi connectivity index (χ1v) is 4.05. The fraction of sp³-hybridized carbons (Fsp3) is 0. The minimum atomic E-state index is -4.64. The highest BCUT2D eigenvalue weighted by atomic mass is 31.2. The third kappa shape index (κ3) is 22.9. The van der Waals surface area contributed by atoms with Gasteiger partial charge in [0.15, 0.2) is 0 Å². The van der Waals surface area contributed by atoms with Crippen molar-refractivity contribution in [1.82, 2.24) is 9.97 Å². The Labute approximate surface area is 68.3 Å². The van der Waals surface area contributed by atoms with E-state index in [-0.39, 0.29) is 5.48 Å². The van der Waals surface area contributed by atoms with E-state index in [4.69, 9.17) is 19.2 Å². The predicted molar refractivity (Wildman–Crippen MR) is 39.9 cm³/mol. The smallest absolute Gasteiger partial charge is 0.412 e. The van der Waals surface area contributed by atoms with E-state index >= 15 is 0 Å². The molecule has 5 N–H and O–H groups in total. The lowest BCUT2D eigenvalue weighted by Crippen LogP contribution is -1.66. The van der Waals surface area contributed by atoms with Crippen LogP contribution in [0.5, 0.6) is 0 Å². The summed E-state index contributed by atoms with van der Waals surface area (Å²) in [7, 11) is -4.64. The van der Waals surface area contributed by atoms with Crippen LogP contribution >= 0.6 is 7.82 Å². The second kappa shape index (κ2) is 6.84. The van der Waals surface area contributed by atoms with Crippen LogP contribution in [0.4, 0.5) is 0 Å². The number of aromatic nitrogens is 2. The second-order valence-electron chi connectivity index (χ2n) is 1.41. The van der Waals surface area contributed by atoms with E-state index in [2.05, 4.69) is 9.97 Å². The van der Waals surface area contributed by atoms with Crippen LogP contribution in [0.2, 0.25) is 0 Å². The van der Waals surface area contributed by atoms with Gasteiger partial charge in [0.05, 0.1) is 0 Å². The predicted octanol–water partition coefficient (Wildman–Crippen LogP) is -1.28. The van der Waals surface area contributed by atoms with E-state index in [1.165, 1.54) is 0 Å². The van der Waals surface area contributed by atoms with Gasteiger partial charge in [-0.3, -0.25) is 9.97 Å². The van der Waals surface area contributed by atoms with Gasteiger partial charge in [0.25, 0.3) is 0 Å². The summed E-state index contributed by atoms with van der Waals surface area (Å²) in [6.45, 7) is 0. The Morgan fingerprint density at radius 1 is 0.917 bits per heavy atom. The molecule has 1 heterocycles. The number of nitrogens with zero attached hydrogens (tertiary/aromatic N) is 2. The van der Waals surface area contributed by atoms with Gasteiger partial charge < -0.3 is 20.2 Å². The average Bonchev–Trinajstić information content (AvgIpc) is 1.88. The molecule has 1 aromatic heterocycles. The zero-order valence-corrected chi connectivity index (χ0v) is 6.80. The van der Waals surface area contributed by atoms with Crippen LogP contribution in [0.15, 0.2) is 24.8 Å². The van der Waals surface area contributed by atoms with Crippen LogP contribution in [-0.2, 0) is 4.57 Å². The van der Waals surface area contributed by atoms with Crippen LogP contribution in [0, 0.1) is 0 Å². The van der Waals surface area contributed by atoms with E-state index in [0.29, 0.717) is 0 Å². The third-order valence-corrected chi connectivity index (χ3v) is 0.478. The number of hydrogen-bond acceptors (Lipinski definition) is 3. The molecule has 7 nitrogen and oxygen atoms in total. The largest absolute Gasteiger partial charge is 0.466 e. The summed E-state index contributed by atoms with van der Waals surface area (Å²) >= 11 is 0. The average molecular weight is 196 g/mol. The lowest BCUT2D eigenvalue weighted by molar-refractivity contribution is 0.275. The fourth-order valence-corrected chi connectivity index (χ4v) is 0.253. The first kappa shape index (κ1) is 13.7. The van der Waals surface area contributed by atoms with Crippen LogP contribution < -0.4 is 0 Å². The molecule has 70 valence electrons. The Balaban J connectivity index is 0. The van der Waals surface area contributed by atoms with Crippen molar-refractivity contribution in [2.45, 2.75) is 0 Å². The van der Waals surface area contributed by atoms with Gasteiger partial charge in [-0.05, 0) is 0 Å². The molecule has 0 spiro atoms. The molecule has 0 bridgehead atoms. The van der Waals surface area contributed by atoms with Gasteiger partial charge in [0.2, 0.25) is 0 Å². The van der Waals surface area contributed by atoms with Crippen molar-refractivity contribution >= 4 is 7.82 Å². The summed E-state index contributed by atoms with van der Waals surface area (Å²) < 4.78 is 8.88. The Morgan fingerprint density at radius 3 is 1.17 bits per heavy atom. The maximum Gasteiger partial charge on any atom is 0.466 e. The molecule has 0 aliphatic carbocycles. The van der Waals surface area contributed by atoms with Gasteiger partial charge in [-0.2, -0.15) is 0 Å². The van der Waals surface area contributed by atoms with Crippen LogP contribution in [0.3, 0.4) is 0 Å². The molecule has 0 amide bonds. The lowest BCUT2D eigenvalue weighted by atomic mass is 10.8. The molecule has 8 heteroatoms. The molecule has 0 aromatic carbocycles. The van der Waals surface area contributed by atoms with Gasteiger partial charge in [-0.1, -0.05) is 0 Å². The summed E-state index contributed by atoms with van der Waals surface area (Å²) in [5, 5.41) is 0. The van der Waals surface area contributed by atoms with Crippen molar-refractivity contribution in [3.05, 3.63) is 24.8 Å². The number of rotatable bonds is 0. The standard InChI is InChI=1S/C4H4N2.H3O4P.H2O/c1-2-6-4-3-5-1;1-5(2,3)4;/h1-4H;(H3,1,2,3,4);1H2. The van der Waals surface area contributed by atoms with E-state index in [1.54, 1.807) is 24.8 Å². The van der Waals surface area contributed by atoms with Crippen molar-refractivity contribution in [2.75, 3.05) is 0 Å². The SMILES string of the molecule is O.O=P(O)(O)O.c1cnccn1. The maximum atomic E-state index is 8.88. The van der Waals surface area contributed by atoms with Gasteiger partial charge in [-0.25, -0.2) is 4.57 Å². The maximum absolute atomic E-state index is 8.88. The van der Waals surface area contributed by atoms with Gasteiger partial charge in [0.1, 0.15) is 0 Å². The Morgan fingerprint density at radius 2 is 1.08 bits per heavy atom. The Hall–Kier alpha value is -0.850. The molecular weight excluding hydrogens is 187 g/mol. The van der Waals surface area contributed by atoms with Crippen LogP contribution in [0.25, 0.3) is 0 Å². The number of phosphoric acid groups is 1. The summed E-state index contributed by atoms with van der Waals surface area (Å²) in [4.78, 5) is 29.0. The van der Waals surface area contributed by atoms with Crippen molar-refractivity contribution in [3.8, 4) is 0 Å². The summed E-state index contributed by atoms with van der Waals surface area (Å²) in [5.74, 6) is 0. The third-order valence-electron chi connectivity index (χ3n) is 0.478. The van der Waals surface area contributed by atoms with E-state index < -0.39 is 7.82 Å². The van der Waals surface area contributed by atoms with Crippen molar-refractivity contribution in [1.29, 1.82) is 0 Å². The highest BCUT2D eigenvalue weighted by Gasteiger charge is 2.00. The molecular formula is C4H9N2O5P. The Bertz CT molecular complexity index is 189. The highest BCUT2D eigenvalue weighted by molar-refractivity contribution is 7.45. The summed E-state index contributed by atoms with van der Waals surface area (Å²) in [5.41, 5.74) is 0. The van der Waals surface area contributed by atoms with E-state index in [0.717, 1.165) is 0 Å². The molecule has 1 aromatic rings. The van der Waals surface area contributed by atoms with Gasteiger partial charge in [0, 0.05) is 24.8 Å². The first-order chi connectivity index (χ1) is 5.00. The fourth-order valence-electron chi connectivity index (χ4n) is 0.253. The minimum absolute atomic E-state index is 0. The monoisotopic (exact) mass is 196 g/mol. The zero-order valence-electron chi connectivity index (χ0n) is 5.90. The first-order valence-electron chi connectivity index (χ1n) is 2.48. The molecule has 0 aliphatic heterocycles. The zero-order chi connectivity index (χ0) is 8.74. The molecule has 0 saturated heterocycles. The molecule has 12 heavy (non-hydrogen) atoms. The topological polar surface area (TPSA) is 135 Å². The van der Waals surface area contributed by atoms with Crippen LogP contribution in [0.1, 0.15) is 0 Å². The quantitative estimate of drug-likeness (QED) is 0.442. The molecule has 0 unspecified atom stereocenters. The van der Waals surface area contributed by atoms with Crippen molar-refractivity contribution in [2.24, 2.45) is 0 Å². The molecule has 0 aliphatic rings. The lowest BCUT2D eigenvalue weighted by Gasteiger charge is -1.82. The van der Waals surface area contributed by atoms with Crippen molar-refractivity contribution < 1.29 is 24.7 Å². The minimum Gasteiger partial charge on any atom is -0.412 e. The van der Waals surface area contributed by atoms with E-state index in [1.807, 2.05) is 0 Å². The number of hydrogen-bond donors (Lipinski definition) is 3. The molecule has 0 fully saturated rings. The highest BCUT2D eigenvalue weighted by Crippen LogP contribution is 2.25.